The number of hydrogen-bond acceptors (Lipinski definition) is 6. The van der Waals surface area contributed by atoms with Crippen LogP contribution in [0.25, 0.3) is 0 Å². The largest absolute Gasteiger partial charge is 0.511 e. The van der Waals surface area contributed by atoms with Crippen molar-refractivity contribution in [1.82, 2.24) is 9.29 Å². The summed E-state index contributed by atoms with van der Waals surface area (Å²) in [5.41, 5.74) is 2.86. The number of halogens is 3. The van der Waals surface area contributed by atoms with Crippen LogP contribution in [0.3, 0.4) is 0 Å². The van der Waals surface area contributed by atoms with E-state index in [-0.39, 0.29) is 13.1 Å². The molecule has 0 saturated heterocycles. The molecule has 2 N–H and O–H groups in total. The minimum absolute atomic E-state index is 0.279. The molecular formula is C26H35F3N4O3S. The SMILES string of the molecule is CCCOc1cccc2c1CN(S(=O)(=O)C(F)(F)F)C[C@H](CCC1CCCC1)N2Cc1cc(N)ccn1. The van der Waals surface area contributed by atoms with Gasteiger partial charge in [0.1, 0.15) is 5.75 Å². The van der Waals surface area contributed by atoms with Gasteiger partial charge in [0.15, 0.2) is 0 Å². The zero-order valence-corrected chi connectivity index (χ0v) is 21.9. The zero-order valence-electron chi connectivity index (χ0n) is 21.1. The van der Waals surface area contributed by atoms with E-state index in [1.165, 1.54) is 0 Å². The number of nitrogens with two attached hydrogens (primary N) is 1. The summed E-state index contributed by atoms with van der Waals surface area (Å²) in [6.07, 6.45) is 8.19. The Bertz CT molecular complexity index is 1170. The van der Waals surface area contributed by atoms with Gasteiger partial charge in [-0.2, -0.15) is 17.5 Å². The summed E-state index contributed by atoms with van der Waals surface area (Å²) < 4.78 is 73.2. The fraction of sp³-hybridized carbons (Fsp3) is 0.577. The lowest BCUT2D eigenvalue weighted by atomic mass is 9.97. The predicted molar refractivity (Wildman–Crippen MR) is 137 cm³/mol. The molecule has 2 aromatic rings. The quantitative estimate of drug-likeness (QED) is 0.454. The van der Waals surface area contributed by atoms with Crippen LogP contribution in [0.5, 0.6) is 5.75 Å². The third-order valence-corrected chi connectivity index (χ3v) is 8.80. The van der Waals surface area contributed by atoms with Crippen molar-refractivity contribution in [3.8, 4) is 5.75 Å². The highest BCUT2D eigenvalue weighted by atomic mass is 32.2. The molecule has 0 unspecified atom stereocenters. The second-order valence-corrected chi connectivity index (χ2v) is 11.9. The smallest absolute Gasteiger partial charge is 0.493 e. The molecule has 4 rings (SSSR count). The van der Waals surface area contributed by atoms with Crippen LogP contribution in [0.15, 0.2) is 36.5 Å². The summed E-state index contributed by atoms with van der Waals surface area (Å²) in [6.45, 7) is 1.88. The summed E-state index contributed by atoms with van der Waals surface area (Å²) in [5, 5.41) is 0. The third-order valence-electron chi connectivity index (χ3n) is 7.26. The Morgan fingerprint density at radius 2 is 1.92 bits per heavy atom. The van der Waals surface area contributed by atoms with E-state index >= 15 is 0 Å². The molecule has 7 nitrogen and oxygen atoms in total. The Morgan fingerprint density at radius 1 is 1.16 bits per heavy atom. The first-order valence-corrected chi connectivity index (χ1v) is 14.3. The molecule has 11 heteroatoms. The second-order valence-electron chi connectivity index (χ2n) is 9.94. The lowest BCUT2D eigenvalue weighted by Gasteiger charge is -2.35. The van der Waals surface area contributed by atoms with E-state index < -0.39 is 28.1 Å². The molecule has 1 fully saturated rings. The van der Waals surface area contributed by atoms with Crippen molar-refractivity contribution in [3.05, 3.63) is 47.8 Å². The Kier molecular flexibility index (Phi) is 8.52. The number of anilines is 2. The molecule has 2 heterocycles. The fourth-order valence-electron chi connectivity index (χ4n) is 5.38. The molecule has 0 bridgehead atoms. The lowest BCUT2D eigenvalue weighted by molar-refractivity contribution is -0.0492. The van der Waals surface area contributed by atoms with E-state index in [1.54, 1.807) is 30.5 Å². The summed E-state index contributed by atoms with van der Waals surface area (Å²) >= 11 is 0. The van der Waals surface area contributed by atoms with Crippen molar-refractivity contribution in [2.75, 3.05) is 23.8 Å². The number of benzene rings is 1. The standard InChI is InChI=1S/C26H35F3N4O3S/c1-2-14-36-25-9-5-8-24-23(25)18-32(37(34,35)26(27,28)29)17-22(11-10-19-6-3-4-7-19)33(24)16-21-15-20(30)12-13-31-21/h5,8-9,12-13,15,19,22H,2-4,6-7,10-11,14,16-18H2,1H3,(H2,30,31)/t22-/m0/s1. The number of nitrogens with zero attached hydrogens (tertiary/aromatic N) is 3. The number of fused-ring (bicyclic) bond motifs is 1. The minimum Gasteiger partial charge on any atom is -0.493 e. The van der Waals surface area contributed by atoms with E-state index in [0.29, 0.717) is 58.1 Å². The molecule has 1 aliphatic heterocycles. The Morgan fingerprint density at radius 3 is 2.59 bits per heavy atom. The normalized spacial score (nSPS) is 19.6. The number of pyridine rings is 1. The molecule has 1 saturated carbocycles. The van der Waals surface area contributed by atoms with Gasteiger partial charge in [0.25, 0.3) is 0 Å². The first-order valence-electron chi connectivity index (χ1n) is 12.9. The Balaban J connectivity index is 1.80. The predicted octanol–water partition coefficient (Wildman–Crippen LogP) is 5.46. The van der Waals surface area contributed by atoms with Crippen LogP contribution in [0, 0.1) is 5.92 Å². The van der Waals surface area contributed by atoms with Crippen molar-refractivity contribution >= 4 is 21.4 Å². The highest BCUT2D eigenvalue weighted by Gasteiger charge is 2.51. The van der Waals surface area contributed by atoms with E-state index in [9.17, 15) is 21.6 Å². The van der Waals surface area contributed by atoms with Gasteiger partial charge in [-0.1, -0.05) is 38.7 Å². The Labute approximate surface area is 216 Å². The number of ether oxygens (including phenoxy) is 1. The molecule has 1 atom stereocenters. The first kappa shape index (κ1) is 27.5. The van der Waals surface area contributed by atoms with Crippen molar-refractivity contribution < 1.29 is 26.3 Å². The fourth-order valence-corrected chi connectivity index (χ4v) is 6.34. The highest BCUT2D eigenvalue weighted by Crippen LogP contribution is 2.40. The number of aromatic nitrogens is 1. The summed E-state index contributed by atoms with van der Waals surface area (Å²) in [7, 11) is -5.56. The first-order chi connectivity index (χ1) is 17.6. The number of nitrogen functional groups attached to an aromatic ring is 1. The van der Waals surface area contributed by atoms with Crippen LogP contribution in [-0.4, -0.2) is 42.4 Å². The lowest BCUT2D eigenvalue weighted by Crippen LogP contribution is -2.47. The molecule has 2 aliphatic rings. The molecule has 204 valence electrons. The minimum atomic E-state index is -5.56. The highest BCUT2D eigenvalue weighted by molar-refractivity contribution is 7.89. The molecule has 1 aromatic heterocycles. The monoisotopic (exact) mass is 540 g/mol. The van der Waals surface area contributed by atoms with Crippen LogP contribution in [0.4, 0.5) is 24.5 Å². The van der Waals surface area contributed by atoms with Gasteiger partial charge in [-0.15, -0.1) is 0 Å². The topological polar surface area (TPSA) is 88.8 Å². The van der Waals surface area contributed by atoms with E-state index in [4.69, 9.17) is 10.5 Å². The van der Waals surface area contributed by atoms with Crippen LogP contribution >= 0.6 is 0 Å². The van der Waals surface area contributed by atoms with Crippen molar-refractivity contribution in [3.63, 3.8) is 0 Å². The molecule has 1 aliphatic carbocycles. The average molecular weight is 541 g/mol. The van der Waals surface area contributed by atoms with E-state index in [0.717, 1.165) is 32.1 Å². The van der Waals surface area contributed by atoms with Crippen molar-refractivity contribution in [1.29, 1.82) is 0 Å². The zero-order chi connectivity index (χ0) is 26.6. The van der Waals surface area contributed by atoms with E-state index in [1.807, 2.05) is 17.9 Å². The van der Waals surface area contributed by atoms with Gasteiger partial charge >= 0.3 is 15.5 Å². The number of sulfonamides is 1. The summed E-state index contributed by atoms with van der Waals surface area (Å²) in [6, 6.07) is 8.23. The maximum Gasteiger partial charge on any atom is 0.511 e. The molecule has 0 spiro atoms. The molecule has 1 aromatic carbocycles. The Hall–Kier alpha value is -2.53. The van der Waals surface area contributed by atoms with Gasteiger partial charge in [0, 0.05) is 42.3 Å². The maximum atomic E-state index is 13.8. The van der Waals surface area contributed by atoms with Gasteiger partial charge < -0.3 is 15.4 Å². The molecular weight excluding hydrogens is 505 g/mol. The summed E-state index contributed by atoms with van der Waals surface area (Å²) in [5.74, 6) is 0.894. The van der Waals surface area contributed by atoms with Crippen LogP contribution < -0.4 is 15.4 Å². The van der Waals surface area contributed by atoms with Gasteiger partial charge in [-0.05, 0) is 49.4 Å². The number of alkyl halides is 3. The molecule has 0 radical (unpaired) electrons. The average Bonchev–Trinajstić information content (AvgIpc) is 3.31. The van der Waals surface area contributed by atoms with Crippen LogP contribution in [0.2, 0.25) is 0 Å². The second kappa shape index (κ2) is 11.5. The van der Waals surface area contributed by atoms with E-state index in [2.05, 4.69) is 4.98 Å². The van der Waals surface area contributed by atoms with Crippen LogP contribution in [-0.2, 0) is 23.1 Å². The molecule has 37 heavy (non-hydrogen) atoms. The van der Waals surface area contributed by atoms with Gasteiger partial charge in [0.2, 0.25) is 0 Å². The van der Waals surface area contributed by atoms with Gasteiger partial charge in [-0.3, -0.25) is 4.98 Å². The summed E-state index contributed by atoms with van der Waals surface area (Å²) in [4.78, 5) is 6.42. The maximum absolute atomic E-state index is 13.8. The van der Waals surface area contributed by atoms with Crippen molar-refractivity contribution in [2.45, 2.75) is 76.5 Å². The van der Waals surface area contributed by atoms with Gasteiger partial charge in [-0.25, -0.2) is 8.42 Å². The van der Waals surface area contributed by atoms with Gasteiger partial charge in [0.05, 0.1) is 18.8 Å². The number of rotatable bonds is 9. The van der Waals surface area contributed by atoms with Crippen LogP contribution in [0.1, 0.15) is 63.1 Å². The third kappa shape index (κ3) is 6.31. The molecule has 0 amide bonds. The van der Waals surface area contributed by atoms with Crippen molar-refractivity contribution in [2.24, 2.45) is 5.92 Å². The number of hydrogen-bond donors (Lipinski definition) is 1.